The predicted molar refractivity (Wildman–Crippen MR) is 105 cm³/mol. The van der Waals surface area contributed by atoms with Crippen LogP contribution in [-0.2, 0) is 4.79 Å². The molecule has 0 radical (unpaired) electrons. The van der Waals surface area contributed by atoms with Crippen LogP contribution in [0.5, 0.6) is 0 Å². The number of hydrogen-bond donors (Lipinski definition) is 2. The second kappa shape index (κ2) is 8.33. The van der Waals surface area contributed by atoms with Gasteiger partial charge in [-0.25, -0.2) is 9.07 Å². The molecule has 2 aromatic carbocycles. The summed E-state index contributed by atoms with van der Waals surface area (Å²) >= 11 is 5.90. The smallest absolute Gasteiger partial charge is 0.239 e. The van der Waals surface area contributed by atoms with E-state index in [0.29, 0.717) is 16.5 Å². The first-order valence-electron chi connectivity index (χ1n) is 8.53. The largest absolute Gasteiger partial charge is 0.309 e. The fraction of sp³-hybridized carbons (Fsp3) is 0.200. The van der Waals surface area contributed by atoms with Crippen LogP contribution in [0.2, 0.25) is 5.02 Å². The zero-order valence-corrected chi connectivity index (χ0v) is 15.8. The number of benzene rings is 2. The van der Waals surface area contributed by atoms with Crippen molar-refractivity contribution in [3.05, 3.63) is 76.7 Å². The first kappa shape index (κ1) is 19.1. The zero-order chi connectivity index (χ0) is 19.4. The van der Waals surface area contributed by atoms with E-state index < -0.39 is 0 Å². The summed E-state index contributed by atoms with van der Waals surface area (Å²) < 4.78 is 14.7. The van der Waals surface area contributed by atoms with Gasteiger partial charge < -0.3 is 10.6 Å². The Morgan fingerprint density at radius 2 is 1.85 bits per heavy atom. The number of anilines is 1. The van der Waals surface area contributed by atoms with Gasteiger partial charge in [-0.3, -0.25) is 4.79 Å². The molecule has 0 aliphatic carbocycles. The zero-order valence-electron chi connectivity index (χ0n) is 15.0. The van der Waals surface area contributed by atoms with Crippen LogP contribution in [0.4, 0.5) is 10.2 Å². The van der Waals surface area contributed by atoms with E-state index in [1.54, 1.807) is 22.9 Å². The van der Waals surface area contributed by atoms with Crippen LogP contribution in [0.1, 0.15) is 24.2 Å². The van der Waals surface area contributed by atoms with Crippen molar-refractivity contribution in [2.45, 2.75) is 19.9 Å². The molecule has 1 atom stereocenters. The van der Waals surface area contributed by atoms with Gasteiger partial charge >= 0.3 is 0 Å². The lowest BCUT2D eigenvalue weighted by Gasteiger charge is -2.14. The fourth-order valence-corrected chi connectivity index (χ4v) is 2.80. The summed E-state index contributed by atoms with van der Waals surface area (Å²) in [7, 11) is 0. The van der Waals surface area contributed by atoms with Crippen molar-refractivity contribution >= 4 is 23.3 Å². The van der Waals surface area contributed by atoms with Crippen molar-refractivity contribution in [3.8, 4) is 5.69 Å². The number of nitrogens with one attached hydrogen (secondary N) is 2. The Labute approximate surface area is 162 Å². The Morgan fingerprint density at radius 3 is 2.52 bits per heavy atom. The molecule has 2 N–H and O–H groups in total. The number of halogens is 2. The lowest BCUT2D eigenvalue weighted by atomic mass is 10.1. The summed E-state index contributed by atoms with van der Waals surface area (Å²) in [6.45, 7) is 3.94. The molecule has 5 nitrogen and oxygen atoms in total. The molecular formula is C20H20ClFN4O. The highest BCUT2D eigenvalue weighted by atomic mass is 35.5. The van der Waals surface area contributed by atoms with Gasteiger partial charge in [-0.15, -0.1) is 0 Å². The molecule has 1 aromatic heterocycles. The number of carbonyl (C=O) groups excluding carboxylic acids is 1. The molecular weight excluding hydrogens is 367 g/mol. The molecule has 0 unspecified atom stereocenters. The highest BCUT2D eigenvalue weighted by Gasteiger charge is 2.12. The molecule has 0 saturated heterocycles. The van der Waals surface area contributed by atoms with Gasteiger partial charge in [0.05, 0.1) is 17.9 Å². The van der Waals surface area contributed by atoms with E-state index in [-0.39, 0.29) is 24.3 Å². The molecule has 140 valence electrons. The molecule has 0 saturated carbocycles. The minimum absolute atomic E-state index is 0.00300. The number of aromatic nitrogens is 2. The molecule has 1 amide bonds. The molecule has 0 aliphatic heterocycles. The van der Waals surface area contributed by atoms with Gasteiger partial charge in [0.1, 0.15) is 11.6 Å². The maximum atomic E-state index is 13.1. The summed E-state index contributed by atoms with van der Waals surface area (Å²) in [5, 5.41) is 11.1. The van der Waals surface area contributed by atoms with E-state index in [9.17, 15) is 9.18 Å². The Morgan fingerprint density at radius 1 is 1.19 bits per heavy atom. The first-order valence-corrected chi connectivity index (χ1v) is 8.91. The van der Waals surface area contributed by atoms with Crippen molar-refractivity contribution < 1.29 is 9.18 Å². The molecule has 0 aliphatic rings. The van der Waals surface area contributed by atoms with E-state index in [2.05, 4.69) is 15.7 Å². The third-order valence-corrected chi connectivity index (χ3v) is 4.36. The lowest BCUT2D eigenvalue weighted by molar-refractivity contribution is -0.115. The average molecular weight is 387 g/mol. The Kier molecular flexibility index (Phi) is 5.88. The quantitative estimate of drug-likeness (QED) is 0.665. The molecule has 1 heterocycles. The van der Waals surface area contributed by atoms with Crippen LogP contribution >= 0.6 is 11.6 Å². The van der Waals surface area contributed by atoms with Crippen molar-refractivity contribution in [2.75, 3.05) is 11.9 Å². The second-order valence-electron chi connectivity index (χ2n) is 6.26. The molecule has 0 bridgehead atoms. The summed E-state index contributed by atoms with van der Waals surface area (Å²) in [5.74, 6) is 0.0118. The lowest BCUT2D eigenvalue weighted by Crippen LogP contribution is -2.30. The van der Waals surface area contributed by atoms with Gasteiger partial charge in [0.2, 0.25) is 5.91 Å². The van der Waals surface area contributed by atoms with Gasteiger partial charge in [-0.05, 0) is 55.8 Å². The highest BCUT2D eigenvalue weighted by Crippen LogP contribution is 2.18. The number of carbonyl (C=O) groups is 1. The van der Waals surface area contributed by atoms with Crippen molar-refractivity contribution in [3.63, 3.8) is 0 Å². The van der Waals surface area contributed by atoms with Crippen LogP contribution in [0.25, 0.3) is 5.69 Å². The van der Waals surface area contributed by atoms with E-state index in [1.807, 2.05) is 38.1 Å². The normalized spacial score (nSPS) is 12.0. The summed E-state index contributed by atoms with van der Waals surface area (Å²) in [6.07, 6.45) is 0. The van der Waals surface area contributed by atoms with E-state index in [0.717, 1.165) is 11.3 Å². The van der Waals surface area contributed by atoms with Crippen LogP contribution < -0.4 is 10.6 Å². The van der Waals surface area contributed by atoms with Crippen molar-refractivity contribution in [1.82, 2.24) is 15.1 Å². The van der Waals surface area contributed by atoms with Gasteiger partial charge in [-0.2, -0.15) is 5.10 Å². The standard InChI is InChI=1S/C20H20ClFN4O/c1-13-11-19(26(25-13)18-9-7-17(22)8-10-18)24-20(27)12-23-14(2)15-3-5-16(21)6-4-15/h3-11,14,23H,12H2,1-2H3,(H,24,27)/t14-/m1/s1. The Balaban J connectivity index is 1.64. The minimum Gasteiger partial charge on any atom is -0.309 e. The van der Waals surface area contributed by atoms with Crippen LogP contribution in [-0.4, -0.2) is 22.2 Å². The first-order chi connectivity index (χ1) is 12.9. The Bertz CT molecular complexity index is 922. The van der Waals surface area contributed by atoms with E-state index in [1.165, 1.54) is 12.1 Å². The summed E-state index contributed by atoms with van der Waals surface area (Å²) in [4.78, 5) is 12.4. The Hall–Kier alpha value is -2.70. The van der Waals surface area contributed by atoms with E-state index >= 15 is 0 Å². The maximum absolute atomic E-state index is 13.1. The van der Waals surface area contributed by atoms with Crippen LogP contribution in [0, 0.1) is 12.7 Å². The summed E-state index contributed by atoms with van der Waals surface area (Å²) in [5.41, 5.74) is 2.46. The molecule has 3 aromatic rings. The van der Waals surface area contributed by atoms with Crippen molar-refractivity contribution in [2.24, 2.45) is 0 Å². The maximum Gasteiger partial charge on any atom is 0.239 e. The summed E-state index contributed by atoms with van der Waals surface area (Å²) in [6, 6.07) is 15.2. The molecule has 3 rings (SSSR count). The number of nitrogens with zero attached hydrogens (tertiary/aromatic N) is 2. The third kappa shape index (κ3) is 4.93. The van der Waals surface area contributed by atoms with Gasteiger partial charge in [0, 0.05) is 17.1 Å². The van der Waals surface area contributed by atoms with E-state index in [4.69, 9.17) is 11.6 Å². The molecule has 7 heteroatoms. The van der Waals surface area contributed by atoms with Gasteiger partial charge in [0.25, 0.3) is 0 Å². The number of hydrogen-bond acceptors (Lipinski definition) is 3. The monoisotopic (exact) mass is 386 g/mol. The van der Waals surface area contributed by atoms with Crippen LogP contribution in [0.15, 0.2) is 54.6 Å². The number of aryl methyl sites for hydroxylation is 1. The fourth-order valence-electron chi connectivity index (χ4n) is 2.67. The predicted octanol–water partition coefficient (Wildman–Crippen LogP) is 4.26. The number of amides is 1. The minimum atomic E-state index is -0.325. The molecule has 0 fully saturated rings. The second-order valence-corrected chi connectivity index (χ2v) is 6.70. The van der Waals surface area contributed by atoms with Gasteiger partial charge in [0.15, 0.2) is 0 Å². The number of rotatable bonds is 6. The highest BCUT2D eigenvalue weighted by molar-refractivity contribution is 6.30. The average Bonchev–Trinajstić information content (AvgIpc) is 3.01. The van der Waals surface area contributed by atoms with Gasteiger partial charge in [-0.1, -0.05) is 23.7 Å². The van der Waals surface area contributed by atoms with Crippen molar-refractivity contribution in [1.29, 1.82) is 0 Å². The molecule has 27 heavy (non-hydrogen) atoms. The third-order valence-electron chi connectivity index (χ3n) is 4.11. The van der Waals surface area contributed by atoms with Crippen LogP contribution in [0.3, 0.4) is 0 Å². The topological polar surface area (TPSA) is 59.0 Å². The SMILES string of the molecule is Cc1cc(NC(=O)CN[C@H](C)c2ccc(Cl)cc2)n(-c2ccc(F)cc2)n1. The molecule has 0 spiro atoms.